The van der Waals surface area contributed by atoms with Gasteiger partial charge in [-0.2, -0.15) is 11.8 Å². The van der Waals surface area contributed by atoms with E-state index in [1.165, 1.54) is 5.75 Å². The van der Waals surface area contributed by atoms with Gasteiger partial charge in [0.05, 0.1) is 5.60 Å². The van der Waals surface area contributed by atoms with Gasteiger partial charge in [0.25, 0.3) is 0 Å². The highest BCUT2D eigenvalue weighted by atomic mass is 32.2. The van der Waals surface area contributed by atoms with Crippen LogP contribution < -0.4 is 5.73 Å². The maximum absolute atomic E-state index is 6.04. The number of aromatic nitrogens is 2. The van der Waals surface area contributed by atoms with Gasteiger partial charge in [0, 0.05) is 30.8 Å². The number of ether oxygens (including phenoxy) is 1. The first-order valence-corrected chi connectivity index (χ1v) is 7.81. The van der Waals surface area contributed by atoms with Crippen LogP contribution in [-0.2, 0) is 4.74 Å². The minimum Gasteiger partial charge on any atom is -0.387 e. The molecule has 0 bridgehead atoms. The summed E-state index contributed by atoms with van der Waals surface area (Å²) in [4.78, 5) is 4.63. The van der Waals surface area contributed by atoms with E-state index in [0.717, 1.165) is 37.4 Å². The van der Waals surface area contributed by atoms with Gasteiger partial charge in [-0.25, -0.2) is 4.98 Å². The number of rotatable bonds is 2. The van der Waals surface area contributed by atoms with Gasteiger partial charge in [-0.3, -0.25) is 0 Å². The molecule has 1 aromatic rings. The number of thioether (sulfide) groups is 1. The minimum absolute atomic E-state index is 0.0747. The topological polar surface area (TPSA) is 53.1 Å². The number of hydrogen-bond donors (Lipinski definition) is 1. The highest BCUT2D eigenvalue weighted by Gasteiger charge is 2.41. The maximum atomic E-state index is 6.04. The largest absolute Gasteiger partial charge is 0.387 e. The van der Waals surface area contributed by atoms with Gasteiger partial charge < -0.3 is 15.0 Å². The molecule has 98 valence electrons. The van der Waals surface area contributed by atoms with Gasteiger partial charge >= 0.3 is 0 Å². The molecule has 4 nitrogen and oxygen atoms in total. The summed E-state index contributed by atoms with van der Waals surface area (Å²) in [6, 6.07) is 0.413. The fourth-order valence-corrected chi connectivity index (χ4v) is 4.44. The predicted molar refractivity (Wildman–Crippen MR) is 77.0 cm³/mol. The first kappa shape index (κ1) is 12.4. The molecule has 0 amide bonds. The van der Waals surface area contributed by atoms with Crippen LogP contribution in [0.25, 0.3) is 0 Å². The lowest BCUT2D eigenvalue weighted by Crippen LogP contribution is -2.41. The monoisotopic (exact) mass is 283 g/mol. The number of thiocarbonyl (C=S) groups is 1. The van der Waals surface area contributed by atoms with Crippen LogP contribution in [0.3, 0.4) is 0 Å². The molecule has 0 saturated carbocycles. The number of hydrogen-bond acceptors (Lipinski definition) is 4. The molecule has 2 atom stereocenters. The fraction of sp³-hybridized carbons (Fsp3) is 0.667. The van der Waals surface area contributed by atoms with E-state index in [1.807, 2.05) is 18.0 Å². The molecule has 0 radical (unpaired) electrons. The quantitative estimate of drug-likeness (QED) is 0.838. The first-order valence-electron chi connectivity index (χ1n) is 6.25. The molecule has 18 heavy (non-hydrogen) atoms. The van der Waals surface area contributed by atoms with Gasteiger partial charge in [0.2, 0.25) is 0 Å². The standard InChI is InChI=1S/C12H17N3OS2/c13-10(17)11-14-3-4-15(11)9-1-5-16-12(7-9)2-6-18-8-12/h3-4,9H,1-2,5-8H2,(H2,13,17). The van der Waals surface area contributed by atoms with Gasteiger partial charge in [0.15, 0.2) is 5.82 Å². The van der Waals surface area contributed by atoms with E-state index in [2.05, 4.69) is 9.55 Å². The van der Waals surface area contributed by atoms with E-state index < -0.39 is 0 Å². The van der Waals surface area contributed by atoms with Gasteiger partial charge in [-0.15, -0.1) is 0 Å². The minimum atomic E-state index is 0.0747. The Kier molecular flexibility index (Phi) is 3.34. The molecule has 2 N–H and O–H groups in total. The zero-order valence-corrected chi connectivity index (χ0v) is 11.8. The summed E-state index contributed by atoms with van der Waals surface area (Å²) in [6.07, 6.45) is 6.98. The number of imidazole rings is 1. The SMILES string of the molecule is NC(=S)c1nccn1C1CCOC2(CCSC2)C1. The molecular formula is C12H17N3OS2. The molecule has 0 aliphatic carbocycles. The van der Waals surface area contributed by atoms with E-state index >= 15 is 0 Å². The van der Waals surface area contributed by atoms with Crippen LogP contribution in [0.15, 0.2) is 12.4 Å². The molecule has 0 aromatic carbocycles. The molecule has 2 fully saturated rings. The van der Waals surface area contributed by atoms with Crippen molar-refractivity contribution in [3.63, 3.8) is 0 Å². The van der Waals surface area contributed by atoms with Crippen molar-refractivity contribution < 1.29 is 4.74 Å². The van der Waals surface area contributed by atoms with Crippen molar-refractivity contribution in [2.45, 2.75) is 30.9 Å². The average molecular weight is 283 g/mol. The third kappa shape index (κ3) is 2.17. The van der Waals surface area contributed by atoms with Crippen molar-refractivity contribution in [1.82, 2.24) is 9.55 Å². The summed E-state index contributed by atoms with van der Waals surface area (Å²) in [5, 5.41) is 0. The van der Waals surface area contributed by atoms with Crippen molar-refractivity contribution in [3.8, 4) is 0 Å². The van der Waals surface area contributed by atoms with Crippen LogP contribution in [-0.4, -0.2) is 38.3 Å². The van der Waals surface area contributed by atoms with Crippen molar-refractivity contribution in [1.29, 1.82) is 0 Å². The average Bonchev–Trinajstić information content (AvgIpc) is 2.98. The molecular weight excluding hydrogens is 266 g/mol. The summed E-state index contributed by atoms with van der Waals surface area (Å²) in [5.74, 6) is 3.05. The molecule has 2 aliphatic heterocycles. The number of nitrogens with two attached hydrogens (primary N) is 1. The highest BCUT2D eigenvalue weighted by Crippen LogP contribution is 2.42. The van der Waals surface area contributed by atoms with Crippen LogP contribution in [0.4, 0.5) is 0 Å². The molecule has 2 unspecified atom stereocenters. The first-order chi connectivity index (χ1) is 8.70. The highest BCUT2D eigenvalue weighted by molar-refractivity contribution is 7.99. The van der Waals surface area contributed by atoms with Gasteiger partial charge in [0.1, 0.15) is 4.99 Å². The molecule has 2 aliphatic rings. The molecule has 3 rings (SSSR count). The Balaban J connectivity index is 1.83. The second-order valence-electron chi connectivity index (χ2n) is 5.00. The summed E-state index contributed by atoms with van der Waals surface area (Å²) >= 11 is 7.05. The third-order valence-corrected chi connectivity index (χ3v) is 5.22. The lowest BCUT2D eigenvalue weighted by atomic mass is 9.89. The lowest BCUT2D eigenvalue weighted by Gasteiger charge is -2.38. The van der Waals surface area contributed by atoms with Crippen LogP contribution in [0, 0.1) is 0 Å². The van der Waals surface area contributed by atoms with E-state index in [-0.39, 0.29) is 5.60 Å². The second kappa shape index (κ2) is 4.83. The van der Waals surface area contributed by atoms with Gasteiger partial charge in [-0.1, -0.05) is 12.2 Å². The zero-order valence-electron chi connectivity index (χ0n) is 10.2. The summed E-state index contributed by atoms with van der Waals surface area (Å²) < 4.78 is 8.17. The molecule has 2 saturated heterocycles. The zero-order chi connectivity index (χ0) is 12.6. The van der Waals surface area contributed by atoms with Crippen molar-refractivity contribution >= 4 is 29.0 Å². The normalized spacial score (nSPS) is 31.9. The van der Waals surface area contributed by atoms with Crippen LogP contribution in [0.2, 0.25) is 0 Å². The van der Waals surface area contributed by atoms with Crippen molar-refractivity contribution in [3.05, 3.63) is 18.2 Å². The van der Waals surface area contributed by atoms with Gasteiger partial charge in [-0.05, 0) is 25.0 Å². The van der Waals surface area contributed by atoms with Crippen LogP contribution in [0.5, 0.6) is 0 Å². The summed E-state index contributed by atoms with van der Waals surface area (Å²) in [6.45, 7) is 0.820. The Hall–Kier alpha value is -0.590. The molecule has 1 spiro atoms. The summed E-state index contributed by atoms with van der Waals surface area (Å²) in [5.41, 5.74) is 5.80. The van der Waals surface area contributed by atoms with Crippen molar-refractivity contribution in [2.75, 3.05) is 18.1 Å². The predicted octanol–water partition coefficient (Wildman–Crippen LogP) is 1.74. The second-order valence-corrected chi connectivity index (χ2v) is 6.55. The van der Waals surface area contributed by atoms with Crippen molar-refractivity contribution in [2.24, 2.45) is 5.73 Å². The molecule has 1 aromatic heterocycles. The fourth-order valence-electron chi connectivity index (χ4n) is 2.90. The molecule has 6 heteroatoms. The Morgan fingerprint density at radius 2 is 2.56 bits per heavy atom. The van der Waals surface area contributed by atoms with E-state index in [1.54, 1.807) is 6.20 Å². The van der Waals surface area contributed by atoms with E-state index in [0.29, 0.717) is 11.0 Å². The van der Waals surface area contributed by atoms with E-state index in [9.17, 15) is 0 Å². The van der Waals surface area contributed by atoms with Crippen LogP contribution >= 0.6 is 24.0 Å². The van der Waals surface area contributed by atoms with E-state index in [4.69, 9.17) is 22.7 Å². The Labute approximate surface area is 116 Å². The lowest BCUT2D eigenvalue weighted by molar-refractivity contribution is -0.0762. The smallest absolute Gasteiger partial charge is 0.167 e. The number of nitrogens with zero attached hydrogens (tertiary/aromatic N) is 2. The Morgan fingerprint density at radius 1 is 1.67 bits per heavy atom. The summed E-state index contributed by atoms with van der Waals surface area (Å²) in [7, 11) is 0. The maximum Gasteiger partial charge on any atom is 0.167 e. The molecule has 3 heterocycles. The Bertz CT molecular complexity index is 454. The Morgan fingerprint density at radius 3 is 3.28 bits per heavy atom. The third-order valence-electron chi connectivity index (χ3n) is 3.82. The van der Waals surface area contributed by atoms with Crippen LogP contribution in [0.1, 0.15) is 31.1 Å².